The summed E-state index contributed by atoms with van der Waals surface area (Å²) in [5, 5.41) is 3.29. The molecule has 0 aliphatic carbocycles. The van der Waals surface area contributed by atoms with E-state index in [0.717, 1.165) is 11.1 Å². The number of carbonyl (C=O) groups excluding carboxylic acids is 1. The number of ether oxygens (including phenoxy) is 1. The van der Waals surface area contributed by atoms with Crippen molar-refractivity contribution in [2.24, 2.45) is 0 Å². The molecule has 178 valence electrons. The number of hydrogen-bond acceptors (Lipinski definition) is 6. The third-order valence-electron chi connectivity index (χ3n) is 6.01. The third-order valence-corrected chi connectivity index (χ3v) is 7.87. The predicted octanol–water partition coefficient (Wildman–Crippen LogP) is 3.80. The van der Waals surface area contributed by atoms with E-state index in [1.165, 1.54) is 17.5 Å². The van der Waals surface area contributed by atoms with Crippen molar-refractivity contribution >= 4 is 32.6 Å². The summed E-state index contributed by atoms with van der Waals surface area (Å²) in [6, 6.07) is 20.2. The summed E-state index contributed by atoms with van der Waals surface area (Å²) in [5.41, 5.74) is 1.61. The third kappa shape index (κ3) is 4.31. The molecule has 0 spiro atoms. The Morgan fingerprint density at radius 1 is 1.00 bits per heavy atom. The predicted molar refractivity (Wildman–Crippen MR) is 131 cm³/mol. The average Bonchev–Trinajstić information content (AvgIpc) is 2.88. The fourth-order valence-corrected chi connectivity index (χ4v) is 5.63. The lowest BCUT2D eigenvalue weighted by atomic mass is 10.0. The van der Waals surface area contributed by atoms with E-state index in [1.807, 2.05) is 6.07 Å². The molecule has 1 N–H and O–H groups in total. The monoisotopic (exact) mass is 490 g/mol. The number of fused-ring (bicyclic) bond motifs is 2. The van der Waals surface area contributed by atoms with Gasteiger partial charge in [-0.15, -0.1) is 0 Å². The summed E-state index contributed by atoms with van der Waals surface area (Å²) in [6.45, 7) is 0.561. The van der Waals surface area contributed by atoms with E-state index in [1.54, 1.807) is 60.7 Å². The highest BCUT2D eigenvalue weighted by Gasteiger charge is 2.28. The van der Waals surface area contributed by atoms with Gasteiger partial charge in [-0.2, -0.15) is 4.31 Å². The molecule has 8 nitrogen and oxygen atoms in total. The minimum atomic E-state index is -3.63. The Bertz CT molecular complexity index is 1600. The molecule has 0 unspecified atom stereocenters. The Hall–Kier alpha value is -3.95. The summed E-state index contributed by atoms with van der Waals surface area (Å²) in [4.78, 5) is 25.6. The number of benzene rings is 3. The second-order valence-corrected chi connectivity index (χ2v) is 10.1. The maximum Gasteiger partial charge on any atom is 0.349 e. The van der Waals surface area contributed by atoms with Gasteiger partial charge in [0.15, 0.2) is 11.3 Å². The van der Waals surface area contributed by atoms with Gasteiger partial charge in [-0.05, 0) is 53.9 Å². The Morgan fingerprint density at radius 2 is 1.80 bits per heavy atom. The largest absolute Gasteiger partial charge is 0.493 e. The summed E-state index contributed by atoms with van der Waals surface area (Å²) >= 11 is 0. The summed E-state index contributed by atoms with van der Waals surface area (Å²) in [6.07, 6.45) is 0.561. The number of anilines is 1. The van der Waals surface area contributed by atoms with Crippen LogP contribution in [0.3, 0.4) is 0 Å². The van der Waals surface area contributed by atoms with E-state index in [2.05, 4.69) is 5.32 Å². The van der Waals surface area contributed by atoms with Crippen LogP contribution in [-0.2, 0) is 23.0 Å². The Balaban J connectivity index is 1.40. The number of rotatable bonds is 5. The molecule has 1 amide bonds. The van der Waals surface area contributed by atoms with Crippen LogP contribution in [0.2, 0.25) is 0 Å². The van der Waals surface area contributed by atoms with Crippen molar-refractivity contribution in [3.63, 3.8) is 0 Å². The van der Waals surface area contributed by atoms with Gasteiger partial charge in [0.1, 0.15) is 5.56 Å². The van der Waals surface area contributed by atoms with Gasteiger partial charge in [-0.1, -0.05) is 36.4 Å². The van der Waals surface area contributed by atoms with Gasteiger partial charge >= 0.3 is 5.63 Å². The molecule has 2 heterocycles. The van der Waals surface area contributed by atoms with Gasteiger partial charge < -0.3 is 14.5 Å². The van der Waals surface area contributed by atoms with Crippen LogP contribution in [-0.4, -0.2) is 32.3 Å². The van der Waals surface area contributed by atoms with Crippen LogP contribution in [0.25, 0.3) is 11.0 Å². The summed E-state index contributed by atoms with van der Waals surface area (Å²) < 4.78 is 38.1. The van der Waals surface area contributed by atoms with Crippen LogP contribution in [0, 0.1) is 0 Å². The Labute approximate surface area is 201 Å². The molecule has 0 bridgehead atoms. The van der Waals surface area contributed by atoms with Gasteiger partial charge in [0.25, 0.3) is 5.91 Å². The number of carbonyl (C=O) groups is 1. The molecular weight excluding hydrogens is 468 g/mol. The molecule has 0 fully saturated rings. The molecule has 9 heteroatoms. The van der Waals surface area contributed by atoms with Crippen LogP contribution in [0.4, 0.5) is 5.69 Å². The van der Waals surface area contributed by atoms with Crippen molar-refractivity contribution in [2.75, 3.05) is 19.0 Å². The number of amides is 1. The smallest absolute Gasteiger partial charge is 0.349 e. The highest BCUT2D eigenvalue weighted by Crippen LogP contribution is 2.28. The summed E-state index contributed by atoms with van der Waals surface area (Å²) in [7, 11) is -2.16. The molecule has 1 aromatic heterocycles. The number of methoxy groups -OCH3 is 1. The molecular formula is C26H22N2O6S. The SMILES string of the molecule is COc1cccc2cc(C(=O)Nc3ccc4c(c3)CN(S(=O)(=O)c3ccccc3)CC4)c(=O)oc12. The average molecular weight is 491 g/mol. The minimum Gasteiger partial charge on any atom is -0.493 e. The molecule has 0 atom stereocenters. The van der Waals surface area contributed by atoms with Crippen LogP contribution in [0.1, 0.15) is 21.5 Å². The van der Waals surface area contributed by atoms with Gasteiger partial charge in [-0.25, -0.2) is 13.2 Å². The van der Waals surface area contributed by atoms with Crippen molar-refractivity contribution < 1.29 is 22.4 Å². The molecule has 3 aromatic carbocycles. The summed E-state index contributed by atoms with van der Waals surface area (Å²) in [5.74, 6) is -0.218. The zero-order valence-corrected chi connectivity index (χ0v) is 19.7. The van der Waals surface area contributed by atoms with Crippen molar-refractivity contribution in [3.05, 3.63) is 99.9 Å². The first-order valence-electron chi connectivity index (χ1n) is 11.0. The molecule has 0 saturated heterocycles. The van der Waals surface area contributed by atoms with E-state index >= 15 is 0 Å². The lowest BCUT2D eigenvalue weighted by Gasteiger charge is -2.28. The minimum absolute atomic E-state index is 0.142. The molecule has 5 rings (SSSR count). The van der Waals surface area contributed by atoms with Gasteiger partial charge in [0.05, 0.1) is 12.0 Å². The standard InChI is InChI=1S/C26H22N2O6S/c1-33-23-9-5-6-18-15-22(26(30)34-24(18)23)25(29)27-20-11-10-17-12-13-28(16-19(17)14-20)35(31,32)21-7-3-2-4-8-21/h2-11,14-15H,12-13,16H2,1H3,(H,27,29). The fraction of sp³-hybridized carbons (Fsp3) is 0.154. The van der Waals surface area contributed by atoms with E-state index in [9.17, 15) is 18.0 Å². The number of sulfonamides is 1. The first-order valence-corrected chi connectivity index (χ1v) is 12.4. The van der Waals surface area contributed by atoms with E-state index in [0.29, 0.717) is 29.8 Å². The van der Waals surface area contributed by atoms with Crippen molar-refractivity contribution in [2.45, 2.75) is 17.9 Å². The van der Waals surface area contributed by atoms with E-state index in [-0.39, 0.29) is 22.6 Å². The number of hydrogen-bond donors (Lipinski definition) is 1. The van der Waals surface area contributed by atoms with E-state index < -0.39 is 21.6 Å². The second kappa shape index (κ2) is 9.01. The lowest BCUT2D eigenvalue weighted by Crippen LogP contribution is -2.36. The second-order valence-electron chi connectivity index (χ2n) is 8.17. The number of nitrogens with one attached hydrogen (secondary N) is 1. The number of para-hydroxylation sites is 1. The van der Waals surface area contributed by atoms with Gasteiger partial charge in [0, 0.05) is 24.2 Å². The zero-order valence-electron chi connectivity index (χ0n) is 18.9. The van der Waals surface area contributed by atoms with Crippen LogP contribution < -0.4 is 15.7 Å². The topological polar surface area (TPSA) is 106 Å². The van der Waals surface area contributed by atoms with Crippen molar-refractivity contribution in [1.29, 1.82) is 0 Å². The molecule has 35 heavy (non-hydrogen) atoms. The quantitative estimate of drug-likeness (QED) is 0.427. The zero-order chi connectivity index (χ0) is 24.6. The molecule has 0 radical (unpaired) electrons. The van der Waals surface area contributed by atoms with Crippen molar-refractivity contribution in [1.82, 2.24) is 4.31 Å². The van der Waals surface area contributed by atoms with Crippen LogP contribution in [0.15, 0.2) is 86.9 Å². The van der Waals surface area contributed by atoms with Gasteiger partial charge in [0.2, 0.25) is 10.0 Å². The molecule has 4 aromatic rings. The van der Waals surface area contributed by atoms with Crippen LogP contribution in [0.5, 0.6) is 5.75 Å². The highest BCUT2D eigenvalue weighted by atomic mass is 32.2. The molecule has 0 saturated carbocycles. The lowest BCUT2D eigenvalue weighted by molar-refractivity contribution is 0.102. The Morgan fingerprint density at radius 3 is 2.57 bits per heavy atom. The maximum atomic E-state index is 13.0. The van der Waals surface area contributed by atoms with Crippen LogP contribution >= 0.6 is 0 Å². The first kappa shape index (κ1) is 22.8. The number of nitrogens with zero attached hydrogens (tertiary/aromatic N) is 1. The van der Waals surface area contributed by atoms with Gasteiger partial charge in [-0.3, -0.25) is 4.79 Å². The molecule has 1 aliphatic rings. The first-order chi connectivity index (χ1) is 16.9. The maximum absolute atomic E-state index is 13.0. The Kier molecular flexibility index (Phi) is 5.88. The van der Waals surface area contributed by atoms with E-state index in [4.69, 9.17) is 9.15 Å². The fourth-order valence-electron chi connectivity index (χ4n) is 4.19. The van der Waals surface area contributed by atoms with Crippen molar-refractivity contribution in [3.8, 4) is 5.75 Å². The highest BCUT2D eigenvalue weighted by molar-refractivity contribution is 7.89. The normalized spacial score (nSPS) is 13.9. The molecule has 1 aliphatic heterocycles.